The molecule has 0 radical (unpaired) electrons. The maximum atomic E-state index is 9.02. The van der Waals surface area contributed by atoms with E-state index in [1.165, 1.54) is 6.20 Å². The Bertz CT molecular complexity index is 629. The maximum absolute atomic E-state index is 9.02. The van der Waals surface area contributed by atoms with E-state index in [2.05, 4.69) is 4.98 Å². The molecule has 0 spiro atoms. The predicted molar refractivity (Wildman–Crippen MR) is 69.4 cm³/mol. The lowest BCUT2D eigenvalue weighted by molar-refractivity contribution is 0.457. The highest BCUT2D eigenvalue weighted by atomic mass is 16.5. The zero-order valence-corrected chi connectivity index (χ0v) is 10.3. The van der Waals surface area contributed by atoms with E-state index >= 15 is 0 Å². The Kier molecular flexibility index (Phi) is 3.16. The quantitative estimate of drug-likeness (QED) is 0.874. The summed E-state index contributed by atoms with van der Waals surface area (Å²) in [7, 11) is 0. The lowest BCUT2D eigenvalue weighted by Crippen LogP contribution is -1.96. The molecule has 1 aromatic heterocycles. The smallest absolute Gasteiger partial charge is 0.237 e. The van der Waals surface area contributed by atoms with Gasteiger partial charge in [0.25, 0.3) is 0 Å². The van der Waals surface area contributed by atoms with Gasteiger partial charge in [-0.1, -0.05) is 12.1 Å². The number of nitrogens with two attached hydrogens (primary N) is 1. The molecule has 2 aromatic rings. The summed E-state index contributed by atoms with van der Waals surface area (Å²) in [6.07, 6.45) is 1.47. The fourth-order valence-electron chi connectivity index (χ4n) is 1.57. The molecule has 4 heteroatoms. The third kappa shape index (κ3) is 2.25. The van der Waals surface area contributed by atoms with Gasteiger partial charge in [0.2, 0.25) is 5.88 Å². The number of aromatic nitrogens is 1. The number of anilines is 1. The Morgan fingerprint density at radius 1 is 1.33 bits per heavy atom. The Hall–Kier alpha value is -2.54. The van der Waals surface area contributed by atoms with Gasteiger partial charge in [0, 0.05) is 0 Å². The first-order valence-electron chi connectivity index (χ1n) is 5.51. The first-order valence-corrected chi connectivity index (χ1v) is 5.51. The van der Waals surface area contributed by atoms with Crippen molar-refractivity contribution in [2.75, 3.05) is 5.73 Å². The van der Waals surface area contributed by atoms with Gasteiger partial charge in [-0.3, -0.25) is 0 Å². The van der Waals surface area contributed by atoms with Crippen LogP contribution in [0.4, 0.5) is 5.69 Å². The zero-order valence-electron chi connectivity index (χ0n) is 10.3. The SMILES string of the molecule is Cc1cccc(Oc2ncc(N)cc2C#N)c1C. The van der Waals surface area contributed by atoms with Crippen molar-refractivity contribution in [1.82, 2.24) is 4.98 Å². The second-order valence-corrected chi connectivity index (χ2v) is 4.03. The van der Waals surface area contributed by atoms with Crippen LogP contribution in [0.25, 0.3) is 0 Å². The van der Waals surface area contributed by atoms with Crippen LogP contribution < -0.4 is 10.5 Å². The van der Waals surface area contributed by atoms with E-state index in [9.17, 15) is 0 Å². The molecule has 18 heavy (non-hydrogen) atoms. The number of ether oxygens (including phenoxy) is 1. The largest absolute Gasteiger partial charge is 0.437 e. The number of pyridine rings is 1. The summed E-state index contributed by atoms with van der Waals surface area (Å²) < 4.78 is 5.68. The molecular formula is C14H13N3O. The van der Waals surface area contributed by atoms with E-state index in [0.717, 1.165) is 11.1 Å². The summed E-state index contributed by atoms with van der Waals surface area (Å²) in [5.74, 6) is 0.976. The highest BCUT2D eigenvalue weighted by Gasteiger charge is 2.09. The molecule has 0 bridgehead atoms. The highest BCUT2D eigenvalue weighted by molar-refractivity contribution is 5.50. The average Bonchev–Trinajstić information content (AvgIpc) is 2.37. The van der Waals surface area contributed by atoms with E-state index < -0.39 is 0 Å². The van der Waals surface area contributed by atoms with Crippen molar-refractivity contribution >= 4 is 5.69 Å². The minimum atomic E-state index is 0.278. The van der Waals surface area contributed by atoms with Gasteiger partial charge in [-0.2, -0.15) is 5.26 Å². The number of nitrogen functional groups attached to an aromatic ring is 1. The fraction of sp³-hybridized carbons (Fsp3) is 0.143. The molecule has 0 amide bonds. The van der Waals surface area contributed by atoms with Crippen molar-refractivity contribution in [3.05, 3.63) is 47.2 Å². The number of nitriles is 1. The van der Waals surface area contributed by atoms with E-state index in [1.807, 2.05) is 38.1 Å². The van der Waals surface area contributed by atoms with Crippen LogP contribution in [0, 0.1) is 25.2 Å². The average molecular weight is 239 g/mol. The second-order valence-electron chi connectivity index (χ2n) is 4.03. The van der Waals surface area contributed by atoms with Gasteiger partial charge in [-0.05, 0) is 37.1 Å². The van der Waals surface area contributed by atoms with Gasteiger partial charge in [0.05, 0.1) is 11.9 Å². The molecule has 0 saturated carbocycles. The topological polar surface area (TPSA) is 71.9 Å². The highest BCUT2D eigenvalue weighted by Crippen LogP contribution is 2.28. The van der Waals surface area contributed by atoms with Crippen LogP contribution in [-0.4, -0.2) is 4.98 Å². The van der Waals surface area contributed by atoms with Crippen molar-refractivity contribution in [3.8, 4) is 17.7 Å². The summed E-state index contributed by atoms with van der Waals surface area (Å²) in [5.41, 5.74) is 8.51. The third-order valence-corrected chi connectivity index (χ3v) is 2.75. The molecule has 2 N–H and O–H groups in total. The van der Waals surface area contributed by atoms with Crippen molar-refractivity contribution in [1.29, 1.82) is 5.26 Å². The number of rotatable bonds is 2. The fourth-order valence-corrected chi connectivity index (χ4v) is 1.57. The lowest BCUT2D eigenvalue weighted by atomic mass is 10.1. The molecule has 2 rings (SSSR count). The predicted octanol–water partition coefficient (Wildman–Crippen LogP) is 2.94. The normalized spacial score (nSPS) is 9.83. The summed E-state index contributed by atoms with van der Waals surface area (Å²) in [6, 6.07) is 9.33. The summed E-state index contributed by atoms with van der Waals surface area (Å²) >= 11 is 0. The molecule has 0 aliphatic carbocycles. The molecule has 1 heterocycles. The van der Waals surface area contributed by atoms with Crippen LogP contribution in [-0.2, 0) is 0 Å². The molecule has 0 aliphatic rings. The molecule has 1 aromatic carbocycles. The van der Waals surface area contributed by atoms with Crippen LogP contribution >= 0.6 is 0 Å². The Morgan fingerprint density at radius 2 is 2.11 bits per heavy atom. The minimum absolute atomic E-state index is 0.278. The molecule has 0 aliphatic heterocycles. The van der Waals surface area contributed by atoms with Crippen LogP contribution in [0.1, 0.15) is 16.7 Å². The Morgan fingerprint density at radius 3 is 2.83 bits per heavy atom. The minimum Gasteiger partial charge on any atom is -0.437 e. The zero-order chi connectivity index (χ0) is 13.1. The molecule has 90 valence electrons. The van der Waals surface area contributed by atoms with Crippen molar-refractivity contribution in [2.24, 2.45) is 0 Å². The summed E-state index contributed by atoms with van der Waals surface area (Å²) in [4.78, 5) is 4.05. The monoisotopic (exact) mass is 239 g/mol. The maximum Gasteiger partial charge on any atom is 0.237 e. The van der Waals surface area contributed by atoms with Gasteiger partial charge in [0.15, 0.2) is 0 Å². The third-order valence-electron chi connectivity index (χ3n) is 2.75. The first kappa shape index (κ1) is 11.9. The Labute approximate surface area is 106 Å². The summed E-state index contributed by atoms with van der Waals surface area (Å²) in [5, 5.41) is 9.02. The molecule has 0 atom stereocenters. The molecule has 4 nitrogen and oxygen atoms in total. The Balaban J connectivity index is 2.41. The van der Waals surface area contributed by atoms with E-state index in [4.69, 9.17) is 15.7 Å². The molecule has 0 saturated heterocycles. The van der Waals surface area contributed by atoms with Gasteiger partial charge in [0.1, 0.15) is 17.4 Å². The molecular weight excluding hydrogens is 226 g/mol. The van der Waals surface area contributed by atoms with Crippen LogP contribution in [0.5, 0.6) is 11.6 Å². The molecule has 0 unspecified atom stereocenters. The van der Waals surface area contributed by atoms with Crippen LogP contribution in [0.15, 0.2) is 30.5 Å². The number of benzene rings is 1. The number of nitrogens with zero attached hydrogens (tertiary/aromatic N) is 2. The van der Waals surface area contributed by atoms with E-state index in [1.54, 1.807) is 6.07 Å². The van der Waals surface area contributed by atoms with Crippen LogP contribution in [0.2, 0.25) is 0 Å². The summed E-state index contributed by atoms with van der Waals surface area (Å²) in [6.45, 7) is 3.97. The standard InChI is InChI=1S/C14H13N3O/c1-9-4-3-5-13(10(9)2)18-14-11(7-15)6-12(16)8-17-14/h3-6,8H,16H2,1-2H3. The number of aryl methyl sites for hydroxylation is 1. The first-order chi connectivity index (χ1) is 8.61. The van der Waals surface area contributed by atoms with Gasteiger partial charge < -0.3 is 10.5 Å². The number of hydrogen-bond donors (Lipinski definition) is 1. The van der Waals surface area contributed by atoms with Gasteiger partial charge in [-0.25, -0.2) is 4.98 Å². The van der Waals surface area contributed by atoms with Crippen molar-refractivity contribution in [2.45, 2.75) is 13.8 Å². The lowest BCUT2D eigenvalue weighted by Gasteiger charge is -2.10. The van der Waals surface area contributed by atoms with Gasteiger partial charge >= 0.3 is 0 Å². The van der Waals surface area contributed by atoms with E-state index in [0.29, 0.717) is 17.0 Å². The van der Waals surface area contributed by atoms with Crippen LogP contribution in [0.3, 0.4) is 0 Å². The van der Waals surface area contributed by atoms with Crippen molar-refractivity contribution in [3.63, 3.8) is 0 Å². The second kappa shape index (κ2) is 4.76. The van der Waals surface area contributed by atoms with Gasteiger partial charge in [-0.15, -0.1) is 0 Å². The van der Waals surface area contributed by atoms with Crippen molar-refractivity contribution < 1.29 is 4.74 Å². The molecule has 0 fully saturated rings. The van der Waals surface area contributed by atoms with E-state index in [-0.39, 0.29) is 5.88 Å². The number of hydrogen-bond acceptors (Lipinski definition) is 4.